The van der Waals surface area contributed by atoms with E-state index in [1.54, 1.807) is 24.3 Å². The van der Waals surface area contributed by atoms with E-state index in [4.69, 9.17) is 11.5 Å². The summed E-state index contributed by atoms with van der Waals surface area (Å²) < 4.78 is 0. The minimum absolute atomic E-state index is 0.319. The van der Waals surface area contributed by atoms with Crippen LogP contribution in [-0.2, 0) is 0 Å². The number of amides is 2. The zero-order valence-corrected chi connectivity index (χ0v) is 26.2. The lowest BCUT2D eigenvalue weighted by atomic mass is 9.92. The Morgan fingerprint density at radius 3 is 1.72 bits per heavy atom. The molecule has 1 aliphatic rings. The molecule has 0 unspecified atom stereocenters. The van der Waals surface area contributed by atoms with Crippen LogP contribution >= 0.6 is 7.26 Å². The van der Waals surface area contributed by atoms with Gasteiger partial charge in [0.15, 0.2) is 0 Å². The molecule has 0 aromatic heterocycles. The molecule has 1 heterocycles. The van der Waals surface area contributed by atoms with Crippen molar-refractivity contribution in [2.75, 3.05) is 34.4 Å². The Hall–Kier alpha value is -5.45. The highest BCUT2D eigenvalue weighted by Crippen LogP contribution is 2.55. The van der Waals surface area contributed by atoms with E-state index in [9.17, 15) is 9.59 Å². The molecule has 0 saturated carbocycles. The van der Waals surface area contributed by atoms with Crippen LogP contribution in [0.15, 0.2) is 140 Å². The van der Waals surface area contributed by atoms with Gasteiger partial charge in [-0.3, -0.25) is 9.59 Å². The molecule has 226 valence electrons. The van der Waals surface area contributed by atoms with Gasteiger partial charge in [-0.25, -0.2) is 4.90 Å². The van der Waals surface area contributed by atoms with Crippen LogP contribution in [0.1, 0.15) is 27.1 Å². The molecule has 0 bridgehead atoms. The van der Waals surface area contributed by atoms with Crippen LogP contribution in [0.2, 0.25) is 0 Å². The Bertz CT molecular complexity index is 1950. The van der Waals surface area contributed by atoms with E-state index in [0.717, 1.165) is 30.2 Å². The maximum absolute atomic E-state index is 13.7. The lowest BCUT2D eigenvalue weighted by molar-refractivity contribution is 0.0893. The monoisotopic (exact) mass is 621 g/mol. The third kappa shape index (κ3) is 4.97. The van der Waals surface area contributed by atoms with Crippen LogP contribution in [0.5, 0.6) is 0 Å². The number of hydrogen-bond acceptors (Lipinski definition) is 5. The molecule has 0 aliphatic carbocycles. The second-order valence-electron chi connectivity index (χ2n) is 11.5. The van der Waals surface area contributed by atoms with Gasteiger partial charge in [0.05, 0.1) is 23.2 Å². The van der Waals surface area contributed by atoms with Crippen molar-refractivity contribution in [1.82, 2.24) is 0 Å². The SMILES string of the molecule is Nc1ccc(N2C(=O)c3cccc4c(NCCC[P+](c5ccccc5)(c5ccccc5)c5ccccc5)ccc(c34)C2=O)cc1N. The van der Waals surface area contributed by atoms with Gasteiger partial charge < -0.3 is 16.8 Å². The van der Waals surface area contributed by atoms with Crippen molar-refractivity contribution < 1.29 is 9.59 Å². The van der Waals surface area contributed by atoms with Gasteiger partial charge >= 0.3 is 0 Å². The fourth-order valence-corrected chi connectivity index (χ4v) is 11.0. The molecule has 6 nitrogen and oxygen atoms in total. The van der Waals surface area contributed by atoms with Crippen LogP contribution in [-0.4, -0.2) is 24.5 Å². The first-order valence-electron chi connectivity index (χ1n) is 15.4. The summed E-state index contributed by atoms with van der Waals surface area (Å²) in [5, 5.41) is 9.25. The second-order valence-corrected chi connectivity index (χ2v) is 15.1. The first-order chi connectivity index (χ1) is 22.5. The minimum atomic E-state index is -1.94. The molecule has 6 aromatic rings. The highest BCUT2D eigenvalue weighted by molar-refractivity contribution is 7.95. The van der Waals surface area contributed by atoms with E-state index in [1.165, 1.54) is 20.8 Å². The van der Waals surface area contributed by atoms with Crippen molar-refractivity contribution >= 4 is 68.5 Å². The molecule has 1 aliphatic heterocycles. The van der Waals surface area contributed by atoms with Gasteiger partial charge in [0.2, 0.25) is 0 Å². The largest absolute Gasteiger partial charge is 0.397 e. The first kappa shape index (κ1) is 29.3. The van der Waals surface area contributed by atoms with Gasteiger partial charge in [-0.1, -0.05) is 66.7 Å². The lowest BCUT2D eigenvalue weighted by Crippen LogP contribution is -2.40. The van der Waals surface area contributed by atoms with Crippen LogP contribution in [0.25, 0.3) is 10.8 Å². The number of hydrogen-bond donors (Lipinski definition) is 3. The molecule has 7 heteroatoms. The summed E-state index contributed by atoms with van der Waals surface area (Å²) in [7, 11) is -1.94. The molecule has 0 atom stereocenters. The average molecular weight is 622 g/mol. The summed E-state index contributed by atoms with van der Waals surface area (Å²) in [5.74, 6) is -0.764. The van der Waals surface area contributed by atoms with E-state index in [1.807, 2.05) is 24.3 Å². The number of nitrogens with two attached hydrogens (primary N) is 2. The predicted molar refractivity (Wildman–Crippen MR) is 193 cm³/mol. The van der Waals surface area contributed by atoms with Gasteiger partial charge in [0.1, 0.15) is 23.2 Å². The zero-order chi connectivity index (χ0) is 31.7. The maximum atomic E-state index is 13.7. The topological polar surface area (TPSA) is 101 Å². The van der Waals surface area contributed by atoms with Crippen molar-refractivity contribution in [1.29, 1.82) is 0 Å². The van der Waals surface area contributed by atoms with Crippen molar-refractivity contribution in [3.8, 4) is 0 Å². The highest BCUT2D eigenvalue weighted by atomic mass is 31.2. The third-order valence-electron chi connectivity index (χ3n) is 8.81. The Labute approximate surface area is 269 Å². The number of imide groups is 1. The number of rotatable bonds is 9. The lowest BCUT2D eigenvalue weighted by Gasteiger charge is -2.28. The van der Waals surface area contributed by atoms with E-state index < -0.39 is 7.26 Å². The number of nitrogens with zero attached hydrogens (tertiary/aromatic N) is 1. The van der Waals surface area contributed by atoms with Crippen molar-refractivity contribution in [2.24, 2.45) is 0 Å². The molecule has 0 radical (unpaired) electrons. The van der Waals surface area contributed by atoms with E-state index >= 15 is 0 Å². The van der Waals surface area contributed by atoms with E-state index in [0.29, 0.717) is 33.6 Å². The zero-order valence-electron chi connectivity index (χ0n) is 25.3. The molecule has 2 amide bonds. The Morgan fingerprint density at radius 2 is 1.15 bits per heavy atom. The molecular weight excluding hydrogens is 587 g/mol. The predicted octanol–water partition coefficient (Wildman–Crippen LogP) is 6.60. The molecule has 0 fully saturated rings. The maximum Gasteiger partial charge on any atom is 0.265 e. The van der Waals surface area contributed by atoms with Crippen LogP contribution in [0, 0.1) is 0 Å². The van der Waals surface area contributed by atoms with Gasteiger partial charge in [-0.15, -0.1) is 0 Å². The van der Waals surface area contributed by atoms with Crippen molar-refractivity contribution in [3.05, 3.63) is 151 Å². The van der Waals surface area contributed by atoms with Crippen LogP contribution in [0.4, 0.5) is 22.7 Å². The smallest absolute Gasteiger partial charge is 0.265 e. The quantitative estimate of drug-likeness (QED) is 0.0731. The molecule has 0 spiro atoms. The number of carbonyl (C=O) groups is 2. The Kier molecular flexibility index (Phi) is 7.73. The molecule has 5 N–H and O–H groups in total. The van der Waals surface area contributed by atoms with Crippen LogP contribution in [0.3, 0.4) is 0 Å². The molecule has 46 heavy (non-hydrogen) atoms. The Balaban J connectivity index is 1.19. The van der Waals surface area contributed by atoms with Crippen molar-refractivity contribution in [3.63, 3.8) is 0 Å². The highest BCUT2D eigenvalue weighted by Gasteiger charge is 2.44. The fraction of sp³-hybridized carbons (Fsp3) is 0.0769. The number of carbonyl (C=O) groups excluding carboxylic acids is 2. The van der Waals surface area contributed by atoms with Gasteiger partial charge in [-0.2, -0.15) is 0 Å². The Morgan fingerprint density at radius 1 is 0.587 bits per heavy atom. The molecular formula is C39H34N4O2P+. The number of nitrogen functional groups attached to an aromatic ring is 2. The molecule has 0 saturated heterocycles. The third-order valence-corrected chi connectivity index (χ3v) is 13.3. The summed E-state index contributed by atoms with van der Waals surface area (Å²) in [6.07, 6.45) is 1.90. The first-order valence-corrected chi connectivity index (χ1v) is 17.3. The molecule has 7 rings (SSSR count). The summed E-state index contributed by atoms with van der Waals surface area (Å²) in [5.41, 5.74) is 14.9. The minimum Gasteiger partial charge on any atom is -0.397 e. The van der Waals surface area contributed by atoms with E-state index in [2.05, 4.69) is 96.3 Å². The van der Waals surface area contributed by atoms with Gasteiger partial charge in [0, 0.05) is 34.1 Å². The summed E-state index contributed by atoms with van der Waals surface area (Å²) in [6.45, 7) is 0.728. The van der Waals surface area contributed by atoms with Crippen molar-refractivity contribution in [2.45, 2.75) is 6.42 Å². The number of nitrogens with one attached hydrogen (secondary N) is 1. The summed E-state index contributed by atoms with van der Waals surface area (Å²) >= 11 is 0. The normalized spacial score (nSPS) is 12.8. The standard InChI is InChI=1S/C39H33N4O2P/c40-34-22-20-27(26-35(34)41)43-38(44)32-19-10-18-31-36(23-21-33(37(31)32)39(43)45)42-24-11-25-46(28-12-4-1-5-13-28,29-14-6-2-7-15-29)30-16-8-3-9-17-30/h1-10,12-23,26H,11,24-25,40-41H2/p+1. The average Bonchev–Trinajstić information content (AvgIpc) is 3.10. The summed E-state index contributed by atoms with van der Waals surface area (Å²) in [4.78, 5) is 28.6. The van der Waals surface area contributed by atoms with Gasteiger partial charge in [-0.05, 0) is 79.2 Å². The summed E-state index contributed by atoms with van der Waals surface area (Å²) in [6, 6.07) is 46.8. The number of anilines is 4. The fourth-order valence-electron chi connectivity index (χ4n) is 6.61. The van der Waals surface area contributed by atoms with Gasteiger partial charge in [0.25, 0.3) is 11.8 Å². The van der Waals surface area contributed by atoms with E-state index in [-0.39, 0.29) is 11.8 Å². The van der Waals surface area contributed by atoms with Crippen LogP contribution < -0.4 is 37.6 Å². The number of benzene rings is 6. The molecule has 6 aromatic carbocycles. The second kappa shape index (κ2) is 12.2.